The molecule has 1 aliphatic rings. The quantitative estimate of drug-likeness (QED) is 0.469. The molecule has 1 saturated heterocycles. The Kier molecular flexibility index (Phi) is 4.45. The fourth-order valence-corrected chi connectivity index (χ4v) is 2.75. The Hall–Kier alpha value is -0.820. The van der Waals surface area contributed by atoms with Crippen LogP contribution in [0.3, 0.4) is 0 Å². The molecule has 1 fully saturated rings. The van der Waals surface area contributed by atoms with Crippen LogP contribution < -0.4 is 9.64 Å². The van der Waals surface area contributed by atoms with E-state index in [2.05, 4.69) is 37.9 Å². The van der Waals surface area contributed by atoms with E-state index < -0.39 is 0 Å². The van der Waals surface area contributed by atoms with Crippen molar-refractivity contribution in [2.24, 2.45) is 0 Å². The van der Waals surface area contributed by atoms with Gasteiger partial charge in [-0.1, -0.05) is 0 Å². The monoisotopic (exact) mass is 360 g/mol. The summed E-state index contributed by atoms with van der Waals surface area (Å²) >= 11 is 2.32. The molecule has 4 nitrogen and oxygen atoms in total. The van der Waals surface area contributed by atoms with Crippen LogP contribution in [0.1, 0.15) is 16.8 Å². The minimum Gasteiger partial charge on any atom is -0.497 e. The maximum atomic E-state index is 11.2. The van der Waals surface area contributed by atoms with E-state index in [0.717, 1.165) is 37.2 Å². The number of benzene rings is 1. The molecule has 0 spiro atoms. The highest BCUT2D eigenvalue weighted by Crippen LogP contribution is 2.28. The largest absolute Gasteiger partial charge is 0.497 e. The lowest BCUT2D eigenvalue weighted by Crippen LogP contribution is -2.28. The molecule has 0 saturated carbocycles. The Labute approximate surface area is 121 Å². The van der Waals surface area contributed by atoms with E-state index in [1.807, 2.05) is 12.1 Å². The highest BCUT2D eigenvalue weighted by Gasteiger charge is 2.26. The number of carbonyl (C=O) groups excluding carboxylic acids is 1. The van der Waals surface area contributed by atoms with Crippen LogP contribution in [0.15, 0.2) is 18.2 Å². The smallest absolute Gasteiger partial charge is 0.152 e. The zero-order valence-electron chi connectivity index (χ0n) is 10.6. The Morgan fingerprint density at radius 2 is 2.33 bits per heavy atom. The van der Waals surface area contributed by atoms with E-state index in [0.29, 0.717) is 11.6 Å². The van der Waals surface area contributed by atoms with Crippen molar-refractivity contribution in [2.45, 2.75) is 12.5 Å². The van der Waals surface area contributed by atoms with Crippen LogP contribution in [0.4, 0.5) is 5.69 Å². The normalized spacial score (nSPS) is 19.3. The molecule has 0 N–H and O–H groups in total. The number of anilines is 1. The summed E-state index contributed by atoms with van der Waals surface area (Å²) in [6.07, 6.45) is 2.03. The average molecular weight is 360 g/mol. The van der Waals surface area contributed by atoms with Gasteiger partial charge in [-0.25, -0.2) is 3.11 Å². The molecule has 1 unspecified atom stereocenters. The first-order valence-electron chi connectivity index (χ1n) is 5.92. The maximum absolute atomic E-state index is 11.2. The predicted molar refractivity (Wildman–Crippen MR) is 80.8 cm³/mol. The van der Waals surface area contributed by atoms with Gasteiger partial charge in [0.1, 0.15) is 5.75 Å². The number of aldehydes is 1. The SMILES string of the molecule is COc1ccc(N2CCC(N(C)I)C2)c(C=O)c1. The fourth-order valence-electron chi connectivity index (χ4n) is 2.29. The van der Waals surface area contributed by atoms with E-state index in [9.17, 15) is 4.79 Å². The lowest BCUT2D eigenvalue weighted by molar-refractivity contribution is 0.112. The Morgan fingerprint density at radius 3 is 2.89 bits per heavy atom. The number of halogens is 1. The number of ether oxygens (including phenoxy) is 1. The van der Waals surface area contributed by atoms with Crippen LogP contribution in [-0.4, -0.2) is 42.7 Å². The van der Waals surface area contributed by atoms with E-state index >= 15 is 0 Å². The second kappa shape index (κ2) is 5.88. The third kappa shape index (κ3) is 2.77. The van der Waals surface area contributed by atoms with Gasteiger partial charge < -0.3 is 9.64 Å². The van der Waals surface area contributed by atoms with Crippen LogP contribution in [0.25, 0.3) is 0 Å². The van der Waals surface area contributed by atoms with Crippen molar-refractivity contribution in [3.05, 3.63) is 23.8 Å². The van der Waals surface area contributed by atoms with Gasteiger partial charge in [0.15, 0.2) is 6.29 Å². The first kappa shape index (κ1) is 13.6. The summed E-state index contributed by atoms with van der Waals surface area (Å²) in [6, 6.07) is 6.22. The second-order valence-corrected chi connectivity index (χ2v) is 5.98. The van der Waals surface area contributed by atoms with Gasteiger partial charge in [0.05, 0.1) is 7.11 Å². The molecule has 18 heavy (non-hydrogen) atoms. The van der Waals surface area contributed by atoms with E-state index in [1.54, 1.807) is 13.2 Å². The minimum absolute atomic E-state index is 0.548. The van der Waals surface area contributed by atoms with Gasteiger partial charge in [0.2, 0.25) is 0 Å². The molecule has 0 aromatic heterocycles. The van der Waals surface area contributed by atoms with Gasteiger partial charge in [0, 0.05) is 53.2 Å². The van der Waals surface area contributed by atoms with Gasteiger partial charge in [-0.2, -0.15) is 0 Å². The summed E-state index contributed by atoms with van der Waals surface area (Å²) in [7, 11) is 3.70. The molecule has 98 valence electrons. The lowest BCUT2D eigenvalue weighted by atomic mass is 10.1. The highest BCUT2D eigenvalue weighted by atomic mass is 127. The average Bonchev–Trinajstić information content (AvgIpc) is 2.87. The van der Waals surface area contributed by atoms with Crippen molar-refractivity contribution in [2.75, 3.05) is 32.1 Å². The third-order valence-electron chi connectivity index (χ3n) is 3.37. The standard InChI is InChI=1S/C13H17IN2O2/c1-15(14)11-5-6-16(8-11)13-4-3-12(18-2)7-10(13)9-17/h3-4,7,9,11H,5-6,8H2,1-2H3. The van der Waals surface area contributed by atoms with Crippen LogP contribution in [0.2, 0.25) is 0 Å². The van der Waals surface area contributed by atoms with E-state index in [1.165, 1.54) is 0 Å². The van der Waals surface area contributed by atoms with Gasteiger partial charge in [-0.15, -0.1) is 0 Å². The molecular weight excluding hydrogens is 343 g/mol. The summed E-state index contributed by atoms with van der Waals surface area (Å²) in [5, 5.41) is 0. The topological polar surface area (TPSA) is 32.8 Å². The molecule has 2 rings (SSSR count). The van der Waals surface area contributed by atoms with Crippen LogP contribution in [0.5, 0.6) is 5.75 Å². The lowest BCUT2D eigenvalue weighted by Gasteiger charge is -2.22. The number of hydrogen-bond donors (Lipinski definition) is 0. The summed E-state index contributed by atoms with van der Waals surface area (Å²) in [4.78, 5) is 13.4. The van der Waals surface area contributed by atoms with E-state index in [4.69, 9.17) is 4.74 Å². The Bertz CT molecular complexity index is 437. The van der Waals surface area contributed by atoms with E-state index in [-0.39, 0.29) is 0 Å². The number of nitrogens with zero attached hydrogens (tertiary/aromatic N) is 2. The highest BCUT2D eigenvalue weighted by molar-refractivity contribution is 14.1. The number of carbonyl (C=O) groups is 1. The van der Waals surface area contributed by atoms with Gasteiger partial charge in [-0.3, -0.25) is 4.79 Å². The molecule has 0 radical (unpaired) electrons. The van der Waals surface area contributed by atoms with Crippen LogP contribution >= 0.6 is 22.9 Å². The van der Waals surface area contributed by atoms with Crippen LogP contribution in [-0.2, 0) is 0 Å². The fraction of sp³-hybridized carbons (Fsp3) is 0.462. The van der Waals surface area contributed by atoms with Gasteiger partial charge in [0.25, 0.3) is 0 Å². The summed E-state index contributed by atoms with van der Waals surface area (Å²) in [6.45, 7) is 1.96. The molecule has 1 aromatic rings. The van der Waals surface area contributed by atoms with Crippen molar-refractivity contribution >= 4 is 34.8 Å². The molecule has 1 aromatic carbocycles. The number of hydrogen-bond acceptors (Lipinski definition) is 4. The number of rotatable bonds is 4. The predicted octanol–water partition coefficient (Wildman–Crippen LogP) is 2.37. The van der Waals surface area contributed by atoms with Crippen LogP contribution in [0, 0.1) is 0 Å². The molecule has 0 bridgehead atoms. The maximum Gasteiger partial charge on any atom is 0.152 e. The molecule has 0 amide bonds. The molecule has 1 aliphatic heterocycles. The number of methoxy groups -OCH3 is 1. The molecule has 1 heterocycles. The van der Waals surface area contributed by atoms with Crippen molar-refractivity contribution in [3.63, 3.8) is 0 Å². The van der Waals surface area contributed by atoms with Gasteiger partial charge in [-0.05, 0) is 31.7 Å². The molecule has 0 aliphatic carbocycles. The van der Waals surface area contributed by atoms with Gasteiger partial charge >= 0.3 is 0 Å². The summed E-state index contributed by atoms with van der Waals surface area (Å²) in [5.41, 5.74) is 1.71. The molecule has 1 atom stereocenters. The number of likely N-dealkylation sites (N-methyl/N-ethyl adjacent to an activating group) is 1. The van der Waals surface area contributed by atoms with Crippen molar-refractivity contribution < 1.29 is 9.53 Å². The zero-order chi connectivity index (χ0) is 13.1. The zero-order valence-corrected chi connectivity index (χ0v) is 12.8. The van der Waals surface area contributed by atoms with Crippen molar-refractivity contribution in [3.8, 4) is 5.75 Å². The van der Waals surface area contributed by atoms with Crippen molar-refractivity contribution in [1.29, 1.82) is 0 Å². The third-order valence-corrected chi connectivity index (χ3v) is 4.16. The Balaban J connectivity index is 2.21. The summed E-state index contributed by atoms with van der Waals surface area (Å²) < 4.78 is 7.36. The molecule has 5 heteroatoms. The van der Waals surface area contributed by atoms with Crippen molar-refractivity contribution in [1.82, 2.24) is 3.11 Å². The minimum atomic E-state index is 0.548. The first-order valence-corrected chi connectivity index (χ1v) is 6.89. The Morgan fingerprint density at radius 1 is 1.56 bits per heavy atom. The second-order valence-electron chi connectivity index (χ2n) is 4.46. The first-order chi connectivity index (χ1) is 8.65. The molecular formula is C13H17IN2O2. The summed E-state index contributed by atoms with van der Waals surface area (Å²) in [5.74, 6) is 0.725.